The minimum atomic E-state index is 0.112. The third kappa shape index (κ3) is 4.20. The second kappa shape index (κ2) is 8.04. The summed E-state index contributed by atoms with van der Waals surface area (Å²) in [5.74, 6) is 0.987. The number of aromatic nitrogens is 2. The van der Waals surface area contributed by atoms with Gasteiger partial charge in [0, 0.05) is 42.3 Å². The van der Waals surface area contributed by atoms with E-state index in [-0.39, 0.29) is 18.0 Å². The highest BCUT2D eigenvalue weighted by molar-refractivity contribution is 7.09. The van der Waals surface area contributed by atoms with Crippen LogP contribution in [0.15, 0.2) is 17.6 Å². The maximum Gasteiger partial charge on any atom is 0.170 e. The lowest BCUT2D eigenvalue weighted by Gasteiger charge is -2.36. The van der Waals surface area contributed by atoms with Gasteiger partial charge in [-0.15, -0.1) is 11.3 Å². The Hall–Kier alpha value is -1.83. The van der Waals surface area contributed by atoms with E-state index in [9.17, 15) is 4.79 Å². The summed E-state index contributed by atoms with van der Waals surface area (Å²) in [5.41, 5.74) is 2.83. The topological polar surface area (TPSA) is 64.6 Å². The van der Waals surface area contributed by atoms with Gasteiger partial charge >= 0.3 is 0 Å². The zero-order valence-corrected chi connectivity index (χ0v) is 16.6. The van der Waals surface area contributed by atoms with Gasteiger partial charge in [-0.05, 0) is 31.9 Å². The molecule has 0 aliphatic carbocycles. The van der Waals surface area contributed by atoms with E-state index < -0.39 is 0 Å². The highest BCUT2D eigenvalue weighted by Gasteiger charge is 2.27. The highest BCUT2D eigenvalue weighted by atomic mass is 32.1. The molecule has 1 saturated heterocycles. The van der Waals surface area contributed by atoms with Crippen LogP contribution in [0.3, 0.4) is 0 Å². The van der Waals surface area contributed by atoms with Crippen molar-refractivity contribution < 1.29 is 14.3 Å². The SMILES string of the molecule is C[C@@H]1CN(c2cc(C(=O)Cc3nccs3)c3c(n2)CCOCC3)C[C@H](C)O1. The van der Waals surface area contributed by atoms with Gasteiger partial charge in [-0.1, -0.05) is 0 Å². The van der Waals surface area contributed by atoms with E-state index in [1.165, 1.54) is 11.3 Å². The molecule has 1 fully saturated rings. The van der Waals surface area contributed by atoms with Gasteiger partial charge in [-0.25, -0.2) is 9.97 Å². The van der Waals surface area contributed by atoms with E-state index >= 15 is 0 Å². The molecule has 0 aromatic carbocycles. The first kappa shape index (κ1) is 18.5. The Morgan fingerprint density at radius 2 is 2.04 bits per heavy atom. The molecule has 4 heterocycles. The van der Waals surface area contributed by atoms with Crippen molar-refractivity contribution in [2.45, 2.75) is 45.3 Å². The average molecular weight is 388 g/mol. The summed E-state index contributed by atoms with van der Waals surface area (Å²) < 4.78 is 11.5. The maximum atomic E-state index is 13.1. The summed E-state index contributed by atoms with van der Waals surface area (Å²) in [6.07, 6.45) is 3.85. The third-order valence-electron chi connectivity index (χ3n) is 5.02. The highest BCUT2D eigenvalue weighted by Crippen LogP contribution is 2.27. The van der Waals surface area contributed by atoms with Gasteiger partial charge in [-0.3, -0.25) is 4.79 Å². The van der Waals surface area contributed by atoms with Crippen LogP contribution in [0.25, 0.3) is 0 Å². The Balaban J connectivity index is 1.70. The third-order valence-corrected chi connectivity index (χ3v) is 5.79. The lowest BCUT2D eigenvalue weighted by atomic mass is 9.97. The number of pyridine rings is 1. The molecular weight excluding hydrogens is 362 g/mol. The van der Waals surface area contributed by atoms with Crippen LogP contribution in [0.5, 0.6) is 0 Å². The monoisotopic (exact) mass is 387 g/mol. The molecule has 0 saturated carbocycles. The molecule has 0 spiro atoms. The van der Waals surface area contributed by atoms with Crippen LogP contribution < -0.4 is 4.90 Å². The number of nitrogens with zero attached hydrogens (tertiary/aromatic N) is 3. The zero-order valence-electron chi connectivity index (χ0n) is 15.8. The van der Waals surface area contributed by atoms with Crippen molar-refractivity contribution in [2.24, 2.45) is 0 Å². The maximum absolute atomic E-state index is 13.1. The largest absolute Gasteiger partial charge is 0.381 e. The molecule has 0 radical (unpaired) electrons. The molecule has 2 aliphatic heterocycles. The molecule has 0 N–H and O–H groups in total. The quantitative estimate of drug-likeness (QED) is 0.752. The van der Waals surface area contributed by atoms with Crippen LogP contribution in [0, 0.1) is 0 Å². The Morgan fingerprint density at radius 3 is 2.78 bits per heavy atom. The fraction of sp³-hybridized carbons (Fsp3) is 0.550. The number of rotatable bonds is 4. The number of ether oxygens (including phenoxy) is 2. The number of thiazole rings is 1. The number of carbonyl (C=O) groups excluding carboxylic acids is 1. The summed E-state index contributed by atoms with van der Waals surface area (Å²) in [6, 6.07) is 1.98. The Morgan fingerprint density at radius 1 is 1.26 bits per heavy atom. The van der Waals surface area contributed by atoms with Gasteiger partial charge in [0.1, 0.15) is 10.8 Å². The molecule has 2 aliphatic rings. The summed E-state index contributed by atoms with van der Waals surface area (Å²) in [7, 11) is 0. The van der Waals surface area contributed by atoms with E-state index in [2.05, 4.69) is 23.7 Å². The van der Waals surface area contributed by atoms with Crippen molar-refractivity contribution in [1.82, 2.24) is 9.97 Å². The van der Waals surface area contributed by atoms with Crippen LogP contribution in [0.2, 0.25) is 0 Å². The molecule has 2 aromatic heterocycles. The number of carbonyl (C=O) groups is 1. The molecule has 2 atom stereocenters. The fourth-order valence-corrected chi connectivity index (χ4v) is 4.50. The lowest BCUT2D eigenvalue weighted by molar-refractivity contribution is -0.00547. The summed E-state index contributed by atoms with van der Waals surface area (Å²) in [4.78, 5) is 24.6. The van der Waals surface area contributed by atoms with E-state index in [0.29, 0.717) is 19.6 Å². The number of Topliss-reactive ketones (excluding diaryl/α,β-unsaturated/α-hetero) is 1. The second-order valence-corrected chi connectivity index (χ2v) is 8.23. The molecule has 27 heavy (non-hydrogen) atoms. The smallest absolute Gasteiger partial charge is 0.170 e. The van der Waals surface area contributed by atoms with Crippen molar-refractivity contribution >= 4 is 22.9 Å². The van der Waals surface area contributed by atoms with E-state index in [1.807, 2.05) is 11.4 Å². The van der Waals surface area contributed by atoms with Crippen LogP contribution >= 0.6 is 11.3 Å². The average Bonchev–Trinajstić information content (AvgIpc) is 3.02. The number of hydrogen-bond donors (Lipinski definition) is 0. The summed E-state index contributed by atoms with van der Waals surface area (Å²) in [5, 5.41) is 2.76. The first-order chi connectivity index (χ1) is 13.1. The molecule has 6 nitrogen and oxygen atoms in total. The van der Waals surface area contributed by atoms with Gasteiger partial charge in [0.2, 0.25) is 0 Å². The summed E-state index contributed by atoms with van der Waals surface area (Å²) in [6.45, 7) is 7.01. The first-order valence-corrected chi connectivity index (χ1v) is 10.4. The van der Waals surface area contributed by atoms with Crippen LogP contribution in [0.4, 0.5) is 5.82 Å². The van der Waals surface area contributed by atoms with E-state index in [0.717, 1.165) is 53.6 Å². The molecule has 4 rings (SSSR count). The number of hydrogen-bond acceptors (Lipinski definition) is 7. The van der Waals surface area contributed by atoms with Gasteiger partial charge in [0.25, 0.3) is 0 Å². The Kier molecular flexibility index (Phi) is 5.52. The van der Waals surface area contributed by atoms with E-state index in [4.69, 9.17) is 14.5 Å². The second-order valence-electron chi connectivity index (χ2n) is 7.25. The summed E-state index contributed by atoms with van der Waals surface area (Å²) >= 11 is 1.52. The molecule has 0 bridgehead atoms. The fourth-order valence-electron chi connectivity index (χ4n) is 3.89. The number of ketones is 1. The molecular formula is C20H25N3O3S. The molecule has 7 heteroatoms. The normalized spacial score (nSPS) is 23.0. The molecule has 144 valence electrons. The number of morpholine rings is 1. The van der Waals surface area contributed by atoms with Gasteiger partial charge in [-0.2, -0.15) is 0 Å². The molecule has 0 amide bonds. The predicted molar refractivity (Wildman–Crippen MR) is 105 cm³/mol. The van der Waals surface area contributed by atoms with Crippen molar-refractivity contribution in [1.29, 1.82) is 0 Å². The minimum absolute atomic E-state index is 0.112. The van der Waals surface area contributed by atoms with Crippen molar-refractivity contribution in [3.8, 4) is 0 Å². The number of anilines is 1. The van der Waals surface area contributed by atoms with Crippen LogP contribution in [0.1, 0.15) is 40.5 Å². The van der Waals surface area contributed by atoms with Crippen LogP contribution in [-0.2, 0) is 28.7 Å². The van der Waals surface area contributed by atoms with Gasteiger partial charge in [0.15, 0.2) is 5.78 Å². The molecule has 0 unspecified atom stereocenters. The predicted octanol–water partition coefficient (Wildman–Crippen LogP) is 2.69. The standard InChI is InChI=1S/C20H25N3O3S/c1-13-11-23(12-14(2)26-13)19-9-16(18(24)10-20-21-5-8-27-20)15-3-6-25-7-4-17(15)22-19/h5,8-9,13-14H,3-4,6-7,10-12H2,1-2H3/t13-,14+. The Labute approximate surface area is 163 Å². The number of fused-ring (bicyclic) bond motifs is 1. The zero-order chi connectivity index (χ0) is 18.8. The lowest BCUT2D eigenvalue weighted by Crippen LogP contribution is -2.46. The minimum Gasteiger partial charge on any atom is -0.381 e. The van der Waals surface area contributed by atoms with Crippen molar-refractivity contribution in [3.63, 3.8) is 0 Å². The molecule has 2 aromatic rings. The van der Waals surface area contributed by atoms with Crippen molar-refractivity contribution in [3.05, 3.63) is 39.5 Å². The van der Waals surface area contributed by atoms with Crippen LogP contribution in [-0.4, -0.2) is 54.3 Å². The van der Waals surface area contributed by atoms with Gasteiger partial charge in [0.05, 0.1) is 31.8 Å². The Bertz CT molecular complexity index is 799. The van der Waals surface area contributed by atoms with Crippen molar-refractivity contribution in [2.75, 3.05) is 31.2 Å². The van der Waals surface area contributed by atoms with E-state index in [1.54, 1.807) is 6.20 Å². The van der Waals surface area contributed by atoms with Gasteiger partial charge < -0.3 is 14.4 Å². The first-order valence-electron chi connectivity index (χ1n) is 9.52.